The summed E-state index contributed by atoms with van der Waals surface area (Å²) in [5.74, 6) is -1.32. The zero-order valence-corrected chi connectivity index (χ0v) is 18.0. The van der Waals surface area contributed by atoms with Gasteiger partial charge in [0.1, 0.15) is 11.3 Å². The first kappa shape index (κ1) is 21.5. The summed E-state index contributed by atoms with van der Waals surface area (Å²) >= 11 is 3.08. The van der Waals surface area contributed by atoms with Crippen LogP contribution in [0.5, 0.6) is 0 Å². The van der Waals surface area contributed by atoms with E-state index in [9.17, 15) is 22.0 Å². The number of rotatable bonds is 4. The van der Waals surface area contributed by atoms with Gasteiger partial charge in [-0.05, 0) is 42.8 Å². The summed E-state index contributed by atoms with van der Waals surface area (Å²) in [5.41, 5.74) is 0.788. The predicted molar refractivity (Wildman–Crippen MR) is 109 cm³/mol. The molecular weight excluding hydrogens is 483 g/mol. The monoisotopic (exact) mass is 498 g/mol. The van der Waals surface area contributed by atoms with Gasteiger partial charge in [0.15, 0.2) is 17.3 Å². The zero-order valence-electron chi connectivity index (χ0n) is 16.4. The molecule has 0 saturated heterocycles. The number of aromatic nitrogens is 4. The van der Waals surface area contributed by atoms with E-state index in [2.05, 4.69) is 26.0 Å². The van der Waals surface area contributed by atoms with Gasteiger partial charge in [0.05, 0.1) is 16.9 Å². The van der Waals surface area contributed by atoms with Gasteiger partial charge in [-0.25, -0.2) is 18.4 Å². The number of aryl methyl sites for hydroxylation is 2. The molecule has 0 unspecified atom stereocenters. The van der Waals surface area contributed by atoms with Crippen LogP contribution in [0.1, 0.15) is 29.6 Å². The van der Waals surface area contributed by atoms with Crippen LogP contribution >= 0.6 is 15.9 Å². The highest BCUT2D eigenvalue weighted by atomic mass is 79.9. The Hall–Kier alpha value is -2.75. The van der Waals surface area contributed by atoms with Crippen molar-refractivity contribution in [3.8, 4) is 5.69 Å². The van der Waals surface area contributed by atoms with Crippen LogP contribution in [0.15, 0.2) is 40.9 Å². The number of fused-ring (bicyclic) bond motifs is 1. The van der Waals surface area contributed by atoms with Gasteiger partial charge in [-0.2, -0.15) is 18.3 Å². The molecule has 0 fully saturated rings. The normalized spacial score (nSPS) is 12.1. The van der Waals surface area contributed by atoms with Crippen molar-refractivity contribution < 1.29 is 22.0 Å². The Labute approximate surface area is 182 Å². The molecule has 4 nitrogen and oxygen atoms in total. The fourth-order valence-electron chi connectivity index (χ4n) is 3.58. The molecule has 0 N–H and O–H groups in total. The maximum Gasteiger partial charge on any atom is 0.418 e. The zero-order chi connectivity index (χ0) is 22.5. The van der Waals surface area contributed by atoms with Gasteiger partial charge in [0.25, 0.3) is 0 Å². The Morgan fingerprint density at radius 1 is 1.03 bits per heavy atom. The number of benzene rings is 2. The van der Waals surface area contributed by atoms with Crippen molar-refractivity contribution in [2.24, 2.45) is 0 Å². The molecule has 2 heterocycles. The predicted octanol–water partition coefficient (Wildman–Crippen LogP) is 6.20. The summed E-state index contributed by atoms with van der Waals surface area (Å²) in [6, 6.07) is 7.43. The Morgan fingerprint density at radius 2 is 1.77 bits per heavy atom. The van der Waals surface area contributed by atoms with E-state index in [1.165, 1.54) is 22.9 Å². The second kappa shape index (κ2) is 7.74. The van der Waals surface area contributed by atoms with Crippen LogP contribution in [-0.4, -0.2) is 19.3 Å². The van der Waals surface area contributed by atoms with E-state index in [-0.39, 0.29) is 17.9 Å². The van der Waals surface area contributed by atoms with Gasteiger partial charge in [-0.1, -0.05) is 28.9 Å². The fraction of sp³-hybridized carbons (Fsp3) is 0.238. The molecule has 162 valence electrons. The molecule has 0 amide bonds. The van der Waals surface area contributed by atoms with Crippen molar-refractivity contribution >= 4 is 27.1 Å². The van der Waals surface area contributed by atoms with Gasteiger partial charge in [0, 0.05) is 17.4 Å². The second-order valence-corrected chi connectivity index (χ2v) is 7.96. The lowest BCUT2D eigenvalue weighted by molar-refractivity contribution is -0.137. The van der Waals surface area contributed by atoms with Crippen molar-refractivity contribution in [3.05, 3.63) is 75.2 Å². The number of hydrogen-bond acceptors (Lipinski definition) is 2. The molecule has 0 aliphatic rings. The van der Waals surface area contributed by atoms with Crippen molar-refractivity contribution in [2.45, 2.75) is 33.0 Å². The number of hydrogen-bond donors (Lipinski definition) is 0. The SMILES string of the molecule is CCc1nc2c(c(C)nn2-c2ccc(Br)cc2C(F)(F)F)n1Cc1ccc(F)c(F)c1. The maximum absolute atomic E-state index is 13.7. The van der Waals surface area contributed by atoms with Gasteiger partial charge >= 0.3 is 6.18 Å². The van der Waals surface area contributed by atoms with Gasteiger partial charge in [0.2, 0.25) is 0 Å². The van der Waals surface area contributed by atoms with Crippen molar-refractivity contribution in [1.29, 1.82) is 0 Å². The third kappa shape index (κ3) is 3.84. The highest BCUT2D eigenvalue weighted by molar-refractivity contribution is 9.10. The first-order valence-corrected chi connectivity index (χ1v) is 10.1. The van der Waals surface area contributed by atoms with E-state index in [1.807, 2.05) is 6.92 Å². The molecule has 2 aromatic carbocycles. The third-order valence-corrected chi connectivity index (χ3v) is 5.45. The Morgan fingerprint density at radius 3 is 2.42 bits per heavy atom. The summed E-state index contributed by atoms with van der Waals surface area (Å²) in [7, 11) is 0. The first-order valence-electron chi connectivity index (χ1n) is 9.36. The molecule has 0 aliphatic heterocycles. The molecule has 2 aromatic heterocycles. The van der Waals surface area contributed by atoms with Crippen LogP contribution in [0.25, 0.3) is 16.9 Å². The summed E-state index contributed by atoms with van der Waals surface area (Å²) in [5, 5.41) is 4.32. The van der Waals surface area contributed by atoms with Crippen molar-refractivity contribution in [3.63, 3.8) is 0 Å². The average molecular weight is 499 g/mol. The second-order valence-electron chi connectivity index (χ2n) is 7.04. The van der Waals surface area contributed by atoms with Crippen LogP contribution in [-0.2, 0) is 19.1 Å². The lowest BCUT2D eigenvalue weighted by Crippen LogP contribution is -2.12. The van der Waals surface area contributed by atoms with Crippen LogP contribution < -0.4 is 0 Å². The maximum atomic E-state index is 13.7. The topological polar surface area (TPSA) is 35.6 Å². The Bertz CT molecular complexity index is 1290. The summed E-state index contributed by atoms with van der Waals surface area (Å²) < 4.78 is 71.2. The van der Waals surface area contributed by atoms with Crippen LogP contribution in [0.2, 0.25) is 0 Å². The third-order valence-electron chi connectivity index (χ3n) is 4.95. The van der Waals surface area contributed by atoms with E-state index in [0.717, 1.165) is 18.2 Å². The molecule has 10 heteroatoms. The minimum absolute atomic E-state index is 0.145. The highest BCUT2D eigenvalue weighted by Crippen LogP contribution is 2.37. The number of nitrogens with zero attached hydrogens (tertiary/aromatic N) is 4. The van der Waals surface area contributed by atoms with Gasteiger partial charge in [-0.15, -0.1) is 0 Å². The summed E-state index contributed by atoms with van der Waals surface area (Å²) in [4.78, 5) is 4.53. The van der Waals surface area contributed by atoms with Gasteiger partial charge in [-0.3, -0.25) is 0 Å². The molecule has 4 rings (SSSR count). The minimum atomic E-state index is -4.59. The van der Waals surface area contributed by atoms with E-state index in [1.54, 1.807) is 11.5 Å². The Kier molecular flexibility index (Phi) is 5.36. The molecule has 4 aromatic rings. The quantitative estimate of drug-likeness (QED) is 0.314. The standard InChI is InChI=1S/C21H16BrF5N4/c1-3-18-28-20-19(30(18)10-12-4-6-15(23)16(24)8-12)11(2)29-31(20)17-7-5-13(22)9-14(17)21(25,26)27/h4-9H,3,10H2,1-2H3. The summed E-state index contributed by atoms with van der Waals surface area (Å²) in [6.45, 7) is 3.71. The van der Waals surface area contributed by atoms with Crippen LogP contribution in [0.3, 0.4) is 0 Å². The van der Waals surface area contributed by atoms with E-state index in [4.69, 9.17) is 0 Å². The lowest BCUT2D eigenvalue weighted by atomic mass is 10.1. The molecule has 0 saturated carbocycles. The average Bonchev–Trinajstić information content (AvgIpc) is 3.21. The fourth-order valence-corrected chi connectivity index (χ4v) is 3.94. The van der Waals surface area contributed by atoms with Crippen LogP contribution in [0, 0.1) is 18.6 Å². The number of alkyl halides is 3. The molecule has 0 atom stereocenters. The highest BCUT2D eigenvalue weighted by Gasteiger charge is 2.35. The molecule has 0 aliphatic carbocycles. The van der Waals surface area contributed by atoms with E-state index >= 15 is 0 Å². The minimum Gasteiger partial charge on any atom is -0.321 e. The lowest BCUT2D eigenvalue weighted by Gasteiger charge is -2.13. The van der Waals surface area contributed by atoms with Crippen molar-refractivity contribution in [2.75, 3.05) is 0 Å². The van der Waals surface area contributed by atoms with Crippen LogP contribution in [0.4, 0.5) is 22.0 Å². The smallest absolute Gasteiger partial charge is 0.321 e. The number of halogens is 6. The van der Waals surface area contributed by atoms with Crippen molar-refractivity contribution in [1.82, 2.24) is 19.3 Å². The summed E-state index contributed by atoms with van der Waals surface area (Å²) in [6.07, 6.45) is -4.10. The van der Waals surface area contributed by atoms with E-state index in [0.29, 0.717) is 33.5 Å². The molecule has 0 bridgehead atoms. The first-order chi connectivity index (χ1) is 14.6. The molecule has 0 spiro atoms. The van der Waals surface area contributed by atoms with E-state index < -0.39 is 23.4 Å². The van der Waals surface area contributed by atoms with Gasteiger partial charge < -0.3 is 4.57 Å². The largest absolute Gasteiger partial charge is 0.418 e. The number of imidazole rings is 1. The Balaban J connectivity index is 1.91. The molecule has 31 heavy (non-hydrogen) atoms. The molecule has 0 radical (unpaired) electrons. The molecular formula is C21H16BrF5N4.